The van der Waals surface area contributed by atoms with Gasteiger partial charge in [0, 0.05) is 13.1 Å². The van der Waals surface area contributed by atoms with Crippen LogP contribution in [0, 0.1) is 0 Å². The number of hydrogen-bond donors (Lipinski definition) is 4. The van der Waals surface area contributed by atoms with Crippen LogP contribution in [-0.4, -0.2) is 50.5 Å². The average Bonchev–Trinajstić information content (AvgIpc) is 2.56. The minimum Gasteiger partial charge on any atom is -0.480 e. The normalized spacial score (nSPS) is 10.8. The Morgan fingerprint density at radius 3 is 2.35 bits per heavy atom. The van der Waals surface area contributed by atoms with Crippen LogP contribution in [-0.2, 0) is 16.1 Å². The molecule has 0 aliphatic heterocycles. The first-order valence-corrected chi connectivity index (χ1v) is 8.24. The maximum absolute atomic E-state index is 10.3. The van der Waals surface area contributed by atoms with Gasteiger partial charge in [0.15, 0.2) is 0 Å². The molecule has 0 heterocycles. The molecular formula is C17H29N3O3. The van der Waals surface area contributed by atoms with Crippen molar-refractivity contribution in [1.29, 1.82) is 0 Å². The molecule has 0 saturated heterocycles. The summed E-state index contributed by atoms with van der Waals surface area (Å²) < 4.78 is 5.55. The zero-order valence-corrected chi connectivity index (χ0v) is 13.7. The van der Waals surface area contributed by atoms with E-state index in [2.05, 4.69) is 28.1 Å². The lowest BCUT2D eigenvalue weighted by Crippen LogP contribution is -2.31. The Hall–Kier alpha value is -1.47. The fraction of sp³-hybridized carbons (Fsp3) is 0.588. The van der Waals surface area contributed by atoms with Crippen molar-refractivity contribution in [3.8, 4) is 0 Å². The van der Waals surface area contributed by atoms with Gasteiger partial charge in [-0.15, -0.1) is 0 Å². The Bertz CT molecular complexity index is 401. The first kappa shape index (κ1) is 19.6. The molecule has 0 fully saturated rings. The van der Waals surface area contributed by atoms with E-state index in [9.17, 15) is 4.79 Å². The number of ether oxygens (including phenoxy) is 1. The molecule has 0 aliphatic rings. The van der Waals surface area contributed by atoms with Crippen LogP contribution < -0.4 is 16.0 Å². The number of carboxylic acids is 1. The number of carbonyl (C=O) groups is 1. The van der Waals surface area contributed by atoms with Gasteiger partial charge in [-0.3, -0.25) is 10.1 Å². The summed E-state index contributed by atoms with van der Waals surface area (Å²) in [5.41, 5.74) is 1.19. The van der Waals surface area contributed by atoms with Gasteiger partial charge in [0.25, 0.3) is 0 Å². The Kier molecular flexibility index (Phi) is 12.0. The summed E-state index contributed by atoms with van der Waals surface area (Å²) in [4.78, 5) is 10.3. The molecule has 0 saturated carbocycles. The molecule has 130 valence electrons. The van der Waals surface area contributed by atoms with Crippen molar-refractivity contribution in [2.45, 2.75) is 25.9 Å². The van der Waals surface area contributed by atoms with Crippen molar-refractivity contribution in [2.75, 3.05) is 39.5 Å². The lowest BCUT2D eigenvalue weighted by molar-refractivity contribution is -0.135. The highest BCUT2D eigenvalue weighted by atomic mass is 16.5. The zero-order valence-electron chi connectivity index (χ0n) is 13.7. The molecule has 0 radical (unpaired) electrons. The maximum atomic E-state index is 10.3. The smallest absolute Gasteiger partial charge is 0.317 e. The second kappa shape index (κ2) is 14.1. The minimum absolute atomic E-state index is 0.0275. The number of hydrogen-bond acceptors (Lipinski definition) is 5. The second-order valence-electron chi connectivity index (χ2n) is 5.36. The molecule has 0 bridgehead atoms. The summed E-state index contributed by atoms with van der Waals surface area (Å²) in [5, 5.41) is 17.9. The third kappa shape index (κ3) is 12.7. The van der Waals surface area contributed by atoms with Crippen molar-refractivity contribution in [3.05, 3.63) is 35.9 Å². The molecule has 6 heteroatoms. The van der Waals surface area contributed by atoms with Crippen LogP contribution in [0.3, 0.4) is 0 Å². The molecule has 6 nitrogen and oxygen atoms in total. The number of nitrogens with one attached hydrogen (secondary N) is 3. The van der Waals surface area contributed by atoms with E-state index in [-0.39, 0.29) is 6.54 Å². The molecule has 1 aromatic rings. The minimum atomic E-state index is -0.815. The van der Waals surface area contributed by atoms with Crippen molar-refractivity contribution >= 4 is 5.97 Å². The first-order chi connectivity index (χ1) is 11.3. The lowest BCUT2D eigenvalue weighted by Gasteiger charge is -2.07. The summed E-state index contributed by atoms with van der Waals surface area (Å²) >= 11 is 0. The molecular weight excluding hydrogens is 294 g/mol. The number of benzene rings is 1. The number of rotatable bonds is 15. The van der Waals surface area contributed by atoms with Gasteiger partial charge in [0.2, 0.25) is 0 Å². The van der Waals surface area contributed by atoms with E-state index in [1.807, 2.05) is 18.2 Å². The van der Waals surface area contributed by atoms with E-state index >= 15 is 0 Å². The molecule has 23 heavy (non-hydrogen) atoms. The van der Waals surface area contributed by atoms with Crippen LogP contribution in [0.2, 0.25) is 0 Å². The lowest BCUT2D eigenvalue weighted by atomic mass is 10.2. The Balaban J connectivity index is 1.74. The van der Waals surface area contributed by atoms with Crippen LogP contribution in [0.15, 0.2) is 30.3 Å². The van der Waals surface area contributed by atoms with E-state index in [4.69, 9.17) is 9.84 Å². The SMILES string of the molecule is O=C(O)CNCCNCCCCCNCOCc1ccccc1. The van der Waals surface area contributed by atoms with Crippen molar-refractivity contribution in [1.82, 2.24) is 16.0 Å². The first-order valence-electron chi connectivity index (χ1n) is 8.24. The van der Waals surface area contributed by atoms with Crippen molar-refractivity contribution < 1.29 is 14.6 Å². The van der Waals surface area contributed by atoms with Crippen molar-refractivity contribution in [2.24, 2.45) is 0 Å². The highest BCUT2D eigenvalue weighted by Gasteiger charge is 1.95. The fourth-order valence-electron chi connectivity index (χ4n) is 2.06. The molecule has 1 aromatic carbocycles. The summed E-state index contributed by atoms with van der Waals surface area (Å²) in [6, 6.07) is 10.2. The van der Waals surface area contributed by atoms with Gasteiger partial charge in [0.1, 0.15) is 0 Å². The fourth-order valence-corrected chi connectivity index (χ4v) is 2.06. The van der Waals surface area contributed by atoms with Gasteiger partial charge in [-0.25, -0.2) is 0 Å². The van der Waals surface area contributed by atoms with Gasteiger partial charge >= 0.3 is 5.97 Å². The maximum Gasteiger partial charge on any atom is 0.317 e. The molecule has 0 atom stereocenters. The predicted octanol–water partition coefficient (Wildman–Crippen LogP) is 1.18. The van der Waals surface area contributed by atoms with Crippen molar-refractivity contribution in [3.63, 3.8) is 0 Å². The molecule has 0 spiro atoms. The Labute approximate surface area is 138 Å². The largest absolute Gasteiger partial charge is 0.480 e. The molecule has 0 aromatic heterocycles. The molecule has 0 amide bonds. The zero-order chi connectivity index (χ0) is 16.6. The Morgan fingerprint density at radius 2 is 1.61 bits per heavy atom. The summed E-state index contributed by atoms with van der Waals surface area (Å²) in [7, 11) is 0. The van der Waals surface area contributed by atoms with Gasteiger partial charge in [-0.2, -0.15) is 0 Å². The van der Waals surface area contributed by atoms with E-state index < -0.39 is 5.97 Å². The summed E-state index contributed by atoms with van der Waals surface area (Å²) in [5.74, 6) is -0.815. The van der Waals surface area contributed by atoms with Crippen LogP contribution in [0.1, 0.15) is 24.8 Å². The van der Waals surface area contributed by atoms with E-state index in [1.54, 1.807) is 0 Å². The van der Waals surface area contributed by atoms with Gasteiger partial charge in [0.05, 0.1) is 19.9 Å². The monoisotopic (exact) mass is 323 g/mol. The van der Waals surface area contributed by atoms with Gasteiger partial charge in [-0.1, -0.05) is 36.8 Å². The highest BCUT2D eigenvalue weighted by Crippen LogP contribution is 1.99. The highest BCUT2D eigenvalue weighted by molar-refractivity contribution is 5.68. The average molecular weight is 323 g/mol. The third-order valence-corrected chi connectivity index (χ3v) is 3.28. The second-order valence-corrected chi connectivity index (χ2v) is 5.36. The van der Waals surface area contributed by atoms with Crippen LogP contribution in [0.4, 0.5) is 0 Å². The number of carboxylic acid groups (broad SMARTS) is 1. The van der Waals surface area contributed by atoms with E-state index in [0.29, 0.717) is 19.9 Å². The van der Waals surface area contributed by atoms with Gasteiger partial charge < -0.3 is 20.5 Å². The van der Waals surface area contributed by atoms with Crippen LogP contribution in [0.5, 0.6) is 0 Å². The topological polar surface area (TPSA) is 82.6 Å². The molecule has 1 rings (SSSR count). The van der Waals surface area contributed by atoms with E-state index in [1.165, 1.54) is 12.0 Å². The molecule has 4 N–H and O–H groups in total. The van der Waals surface area contributed by atoms with Gasteiger partial charge in [-0.05, 0) is 31.5 Å². The third-order valence-electron chi connectivity index (χ3n) is 3.28. The van der Waals surface area contributed by atoms with Crippen LogP contribution >= 0.6 is 0 Å². The molecule has 0 aliphatic carbocycles. The van der Waals surface area contributed by atoms with Crippen LogP contribution in [0.25, 0.3) is 0 Å². The number of unbranched alkanes of at least 4 members (excludes halogenated alkanes) is 2. The summed E-state index contributed by atoms with van der Waals surface area (Å²) in [6.45, 7) is 4.69. The Morgan fingerprint density at radius 1 is 0.913 bits per heavy atom. The number of aliphatic carboxylic acids is 1. The predicted molar refractivity (Wildman–Crippen MR) is 91.3 cm³/mol. The molecule has 0 unspecified atom stereocenters. The quantitative estimate of drug-likeness (QED) is 0.287. The van der Waals surface area contributed by atoms with E-state index in [0.717, 1.165) is 32.5 Å². The standard InChI is InChI=1S/C17H29N3O3/c21-17(22)13-19-12-11-18-9-5-2-6-10-20-15-23-14-16-7-3-1-4-8-16/h1,3-4,7-8,18-20H,2,5-6,9-15H2,(H,21,22). The summed E-state index contributed by atoms with van der Waals surface area (Å²) in [6.07, 6.45) is 3.43.